The molecule has 0 atom stereocenters. The molecule has 34 heavy (non-hydrogen) atoms. The van der Waals surface area contributed by atoms with Crippen molar-refractivity contribution < 1.29 is 9.15 Å². The predicted molar refractivity (Wildman–Crippen MR) is 140 cm³/mol. The van der Waals surface area contributed by atoms with Crippen molar-refractivity contribution in [3.8, 4) is 16.9 Å². The quantitative estimate of drug-likeness (QED) is 0.331. The minimum Gasteiger partial charge on any atom is -0.496 e. The third-order valence-corrected chi connectivity index (χ3v) is 6.66. The smallest absolute Gasteiger partial charge is 0.135 e. The second-order valence-corrected chi connectivity index (χ2v) is 8.95. The fourth-order valence-electron chi connectivity index (χ4n) is 4.84. The number of aryl methyl sites for hydroxylation is 1. The summed E-state index contributed by atoms with van der Waals surface area (Å²) in [6.45, 7) is 8.14. The van der Waals surface area contributed by atoms with Crippen molar-refractivity contribution in [3.63, 3.8) is 0 Å². The number of hydrogen-bond acceptors (Lipinski definition) is 4. The van der Waals surface area contributed by atoms with E-state index in [1.807, 2.05) is 13.0 Å². The largest absolute Gasteiger partial charge is 0.496 e. The average molecular weight is 453 g/mol. The molecule has 1 aliphatic heterocycles. The number of benzene rings is 3. The number of methoxy groups -OCH3 is 1. The molecule has 1 fully saturated rings. The maximum absolute atomic E-state index is 6.19. The molecule has 4 nitrogen and oxygen atoms in total. The fourth-order valence-corrected chi connectivity index (χ4v) is 4.84. The van der Waals surface area contributed by atoms with Gasteiger partial charge < -0.3 is 9.15 Å². The van der Waals surface area contributed by atoms with Crippen molar-refractivity contribution in [2.75, 3.05) is 39.8 Å². The van der Waals surface area contributed by atoms with Gasteiger partial charge in [0.05, 0.1) is 7.11 Å². The van der Waals surface area contributed by atoms with Crippen LogP contribution in [-0.2, 0) is 6.54 Å². The SMILES string of the molecule is COc1cc2c(-c3ccccc3)c(C)oc2cc1CN1CCN(C/C=C/c2ccccc2)CC1. The Balaban J connectivity index is 1.26. The second-order valence-electron chi connectivity index (χ2n) is 8.95. The maximum atomic E-state index is 6.19. The zero-order valence-corrected chi connectivity index (χ0v) is 20.0. The molecular formula is C30H32N2O2. The molecule has 0 unspecified atom stereocenters. The molecule has 0 N–H and O–H groups in total. The van der Waals surface area contributed by atoms with Crippen LogP contribution in [0.1, 0.15) is 16.9 Å². The van der Waals surface area contributed by atoms with Crippen LogP contribution in [0.5, 0.6) is 5.75 Å². The molecule has 1 aromatic heterocycles. The van der Waals surface area contributed by atoms with E-state index in [1.165, 1.54) is 16.7 Å². The fraction of sp³-hybridized carbons (Fsp3) is 0.267. The van der Waals surface area contributed by atoms with Gasteiger partial charge in [-0.2, -0.15) is 0 Å². The highest BCUT2D eigenvalue weighted by Crippen LogP contribution is 2.38. The van der Waals surface area contributed by atoms with E-state index in [9.17, 15) is 0 Å². The Hall–Kier alpha value is -3.34. The van der Waals surface area contributed by atoms with Crippen LogP contribution in [0, 0.1) is 6.92 Å². The summed E-state index contributed by atoms with van der Waals surface area (Å²) >= 11 is 0. The first kappa shape index (κ1) is 22.5. The number of furan rings is 1. The van der Waals surface area contributed by atoms with Crippen LogP contribution in [0.2, 0.25) is 0 Å². The Morgan fingerprint density at radius 1 is 0.882 bits per heavy atom. The maximum Gasteiger partial charge on any atom is 0.135 e. The first-order chi connectivity index (χ1) is 16.7. The number of hydrogen-bond donors (Lipinski definition) is 0. The summed E-state index contributed by atoms with van der Waals surface area (Å²) in [6.07, 6.45) is 4.48. The zero-order chi connectivity index (χ0) is 23.3. The van der Waals surface area contributed by atoms with E-state index in [-0.39, 0.29) is 0 Å². The molecule has 0 saturated carbocycles. The number of rotatable bonds is 7. The summed E-state index contributed by atoms with van der Waals surface area (Å²) in [5.41, 5.74) is 5.69. The van der Waals surface area contributed by atoms with E-state index in [0.717, 1.165) is 67.3 Å². The lowest BCUT2D eigenvalue weighted by molar-refractivity contribution is 0.136. The second kappa shape index (κ2) is 10.3. The van der Waals surface area contributed by atoms with Gasteiger partial charge in [0, 0.05) is 55.8 Å². The third-order valence-electron chi connectivity index (χ3n) is 6.66. The summed E-state index contributed by atoms with van der Waals surface area (Å²) in [7, 11) is 1.76. The lowest BCUT2D eigenvalue weighted by atomic mass is 10.0. The van der Waals surface area contributed by atoms with Gasteiger partial charge in [-0.15, -0.1) is 0 Å². The number of fused-ring (bicyclic) bond motifs is 1. The Bertz CT molecular complexity index is 1250. The first-order valence-electron chi connectivity index (χ1n) is 12.0. The Morgan fingerprint density at radius 3 is 2.26 bits per heavy atom. The first-order valence-corrected chi connectivity index (χ1v) is 12.0. The lowest BCUT2D eigenvalue weighted by Gasteiger charge is -2.34. The molecule has 1 aliphatic rings. The van der Waals surface area contributed by atoms with Crippen molar-refractivity contribution >= 4 is 17.0 Å². The highest BCUT2D eigenvalue weighted by atomic mass is 16.5. The summed E-state index contributed by atoms with van der Waals surface area (Å²) < 4.78 is 12.0. The molecule has 0 amide bonds. The van der Waals surface area contributed by atoms with Gasteiger partial charge in [-0.05, 0) is 30.2 Å². The van der Waals surface area contributed by atoms with Crippen molar-refractivity contribution in [3.05, 3.63) is 95.8 Å². The van der Waals surface area contributed by atoms with Gasteiger partial charge >= 0.3 is 0 Å². The molecule has 4 aromatic rings. The van der Waals surface area contributed by atoms with Crippen LogP contribution in [-0.4, -0.2) is 49.6 Å². The molecule has 5 rings (SSSR count). The lowest BCUT2D eigenvalue weighted by Crippen LogP contribution is -2.45. The molecule has 4 heteroatoms. The molecule has 0 spiro atoms. The van der Waals surface area contributed by atoms with E-state index >= 15 is 0 Å². The van der Waals surface area contributed by atoms with Crippen molar-refractivity contribution in [2.45, 2.75) is 13.5 Å². The monoisotopic (exact) mass is 452 g/mol. The number of ether oxygens (including phenoxy) is 1. The number of piperazine rings is 1. The standard InChI is InChI=1S/C30H32N2O2/c1-23-30(25-13-7-4-8-14-25)27-21-28(33-2)26(20-29(27)34-23)22-32-18-16-31(17-19-32)15-9-12-24-10-5-3-6-11-24/h3-14,20-21H,15-19,22H2,1-2H3/b12-9+. The van der Waals surface area contributed by atoms with Crippen LogP contribution in [0.25, 0.3) is 28.2 Å². The van der Waals surface area contributed by atoms with Gasteiger partial charge in [-0.1, -0.05) is 72.8 Å². The van der Waals surface area contributed by atoms with Gasteiger partial charge in [0.1, 0.15) is 17.1 Å². The predicted octanol–water partition coefficient (Wildman–Crippen LogP) is 6.25. The summed E-state index contributed by atoms with van der Waals surface area (Å²) in [5.74, 6) is 1.87. The van der Waals surface area contributed by atoms with Crippen LogP contribution < -0.4 is 4.74 Å². The zero-order valence-electron chi connectivity index (χ0n) is 20.0. The molecular weight excluding hydrogens is 420 g/mol. The highest BCUT2D eigenvalue weighted by molar-refractivity contribution is 5.97. The van der Waals surface area contributed by atoms with Crippen molar-refractivity contribution in [2.24, 2.45) is 0 Å². The third kappa shape index (κ3) is 4.93. The molecule has 2 heterocycles. The van der Waals surface area contributed by atoms with E-state index in [0.29, 0.717) is 0 Å². The summed E-state index contributed by atoms with van der Waals surface area (Å²) in [5, 5.41) is 1.11. The van der Waals surface area contributed by atoms with Gasteiger partial charge in [-0.3, -0.25) is 9.80 Å². The van der Waals surface area contributed by atoms with E-state index in [1.54, 1.807) is 7.11 Å². The highest BCUT2D eigenvalue weighted by Gasteiger charge is 2.20. The van der Waals surface area contributed by atoms with Gasteiger partial charge in [-0.25, -0.2) is 0 Å². The minimum absolute atomic E-state index is 0.868. The number of nitrogens with zero attached hydrogens (tertiary/aromatic N) is 2. The Labute approximate surface area is 202 Å². The topological polar surface area (TPSA) is 28.9 Å². The van der Waals surface area contributed by atoms with Crippen LogP contribution >= 0.6 is 0 Å². The summed E-state index contributed by atoms with van der Waals surface area (Å²) in [4.78, 5) is 5.02. The molecule has 0 aliphatic carbocycles. The molecule has 0 radical (unpaired) electrons. The van der Waals surface area contributed by atoms with E-state index in [4.69, 9.17) is 9.15 Å². The van der Waals surface area contributed by atoms with E-state index in [2.05, 4.69) is 88.7 Å². The normalized spacial score (nSPS) is 15.4. The van der Waals surface area contributed by atoms with Gasteiger partial charge in [0.2, 0.25) is 0 Å². The Morgan fingerprint density at radius 2 is 1.56 bits per heavy atom. The molecule has 1 saturated heterocycles. The van der Waals surface area contributed by atoms with Crippen molar-refractivity contribution in [1.82, 2.24) is 9.80 Å². The minimum atomic E-state index is 0.868. The van der Waals surface area contributed by atoms with Gasteiger partial charge in [0.15, 0.2) is 0 Å². The molecule has 0 bridgehead atoms. The van der Waals surface area contributed by atoms with Crippen LogP contribution in [0.15, 0.2) is 83.3 Å². The van der Waals surface area contributed by atoms with Crippen LogP contribution in [0.3, 0.4) is 0 Å². The molecule has 3 aromatic carbocycles. The van der Waals surface area contributed by atoms with Crippen molar-refractivity contribution in [1.29, 1.82) is 0 Å². The van der Waals surface area contributed by atoms with E-state index < -0.39 is 0 Å². The van der Waals surface area contributed by atoms with Gasteiger partial charge in [0.25, 0.3) is 0 Å². The Kier molecular flexibility index (Phi) is 6.79. The van der Waals surface area contributed by atoms with Crippen LogP contribution in [0.4, 0.5) is 0 Å². The average Bonchev–Trinajstić information content (AvgIpc) is 3.20. The summed E-state index contributed by atoms with van der Waals surface area (Å²) in [6, 6.07) is 25.2. The molecule has 174 valence electrons.